The molecule has 0 bridgehead atoms. The van der Waals surface area contributed by atoms with Crippen molar-refractivity contribution >= 4 is 11.4 Å². The van der Waals surface area contributed by atoms with E-state index in [1.54, 1.807) is 4.70 Å². The molecule has 0 saturated carbocycles. The van der Waals surface area contributed by atoms with Gasteiger partial charge in [-0.3, -0.25) is 0 Å². The third-order valence-corrected chi connectivity index (χ3v) is 10.1. The molecule has 53 heavy (non-hydrogen) atoms. The Hall–Kier alpha value is -1.99. The van der Waals surface area contributed by atoms with Crippen molar-refractivity contribution < 1.29 is 21.2 Å². The van der Waals surface area contributed by atoms with Gasteiger partial charge in [-0.25, -0.2) is 4.70 Å². The Balaban J connectivity index is 0.00000179. The summed E-state index contributed by atoms with van der Waals surface area (Å²) in [5.41, 5.74) is 24.9. The van der Waals surface area contributed by atoms with E-state index in [0.717, 1.165) is 75.6 Å². The maximum Gasteiger partial charge on any atom is 2.00 e. The summed E-state index contributed by atoms with van der Waals surface area (Å²) < 4.78 is 1.59. The van der Waals surface area contributed by atoms with Gasteiger partial charge in [0, 0.05) is 22.3 Å². The van der Waals surface area contributed by atoms with Crippen LogP contribution in [0.2, 0.25) is 0 Å². The number of unbranched alkanes of at least 4 members (excludes halogenated alkanes) is 11. The second kappa shape index (κ2) is 32.3. The Morgan fingerprint density at radius 2 is 0.717 bits per heavy atom. The third kappa shape index (κ3) is 18.9. The molecule has 0 fully saturated rings. The summed E-state index contributed by atoms with van der Waals surface area (Å²) in [6.45, 7) is 25.5. The number of nitrogens with zero attached hydrogens (tertiary/aromatic N) is 2. The third-order valence-electron chi connectivity index (χ3n) is 10.1. The van der Waals surface area contributed by atoms with Crippen LogP contribution in [0.3, 0.4) is 0 Å². The zero-order valence-corrected chi connectivity index (χ0v) is 37.0. The molecular formula is C50H82N2Ni. The van der Waals surface area contributed by atoms with Crippen LogP contribution >= 0.6 is 0 Å². The zero-order valence-electron chi connectivity index (χ0n) is 36.1. The van der Waals surface area contributed by atoms with Gasteiger partial charge < -0.3 is 19.4 Å². The first-order valence-electron chi connectivity index (χ1n) is 22.1. The molecule has 2 nitrogen and oxygen atoms in total. The van der Waals surface area contributed by atoms with E-state index in [0.29, 0.717) is 0 Å². The number of rotatable bonds is 24. The van der Waals surface area contributed by atoms with Crippen LogP contribution in [0.4, 0.5) is 0 Å². The minimum atomic E-state index is 0. The number of hydrogen-bond donors (Lipinski definition) is 0. The number of hydrogen-bond acceptors (Lipinski definition) is 0. The topological polar surface area (TPSA) is 25.3 Å². The van der Waals surface area contributed by atoms with Gasteiger partial charge >= 0.3 is 16.5 Å². The fourth-order valence-electron chi connectivity index (χ4n) is 7.00. The van der Waals surface area contributed by atoms with Crippen LogP contribution in [0.1, 0.15) is 217 Å². The molecule has 0 aromatic heterocycles. The van der Waals surface area contributed by atoms with Crippen molar-refractivity contribution in [2.24, 2.45) is 0 Å². The van der Waals surface area contributed by atoms with Gasteiger partial charge in [-0.1, -0.05) is 138 Å². The molecule has 3 heteroatoms. The Bertz CT molecular complexity index is 1250. The first-order valence-corrected chi connectivity index (χ1v) is 22.1. The Kier molecular flexibility index (Phi) is 31.1. The summed E-state index contributed by atoms with van der Waals surface area (Å²) in [6, 6.07) is 14.3. The molecule has 0 spiro atoms. The van der Waals surface area contributed by atoms with Crippen LogP contribution in [0.25, 0.3) is 16.9 Å². The van der Waals surface area contributed by atoms with Crippen molar-refractivity contribution in [2.45, 2.75) is 209 Å². The van der Waals surface area contributed by atoms with Gasteiger partial charge in [0.05, 0.1) is 0 Å². The van der Waals surface area contributed by atoms with Gasteiger partial charge in [-0.05, 0) is 117 Å². The van der Waals surface area contributed by atoms with Gasteiger partial charge in [0.25, 0.3) is 0 Å². The van der Waals surface area contributed by atoms with Crippen molar-refractivity contribution in [1.29, 1.82) is 0 Å². The second-order valence-corrected chi connectivity index (χ2v) is 15.0. The standard InChI is InChI=1S/C38H56N2.2C6H13.Ni/c1-7-13-18-29-23-30(19-14-8-2)26-33(25-29)37-35(12-6)36(22-17-11-5)38(40(37)39)34-27-31(20-15-9-3)24-32(28-34)21-16-10-4;2*1-3-5-6-4-2;/h23-28H,7-22H2,1-6H3;2*1,3-6H2,2H3;/q;2*-1;+2. The normalized spacial score (nSPS) is 12.4. The van der Waals surface area contributed by atoms with Crippen molar-refractivity contribution in [1.82, 2.24) is 0 Å². The average Bonchev–Trinajstić information content (AvgIpc) is 3.45. The largest absolute Gasteiger partial charge is 2.00 e. The number of aryl methyl sites for hydroxylation is 4. The molecular weight excluding hydrogens is 687 g/mol. The van der Waals surface area contributed by atoms with E-state index < -0.39 is 0 Å². The minimum Gasteiger partial charge on any atom is -0.493 e. The smallest absolute Gasteiger partial charge is 0.493 e. The van der Waals surface area contributed by atoms with Crippen molar-refractivity contribution in [3.05, 3.63) is 100 Å². The Morgan fingerprint density at radius 3 is 0.981 bits per heavy atom. The molecule has 1 aliphatic rings. The molecule has 1 aliphatic heterocycles. The molecule has 2 aromatic rings. The van der Waals surface area contributed by atoms with E-state index >= 15 is 0 Å². The molecule has 0 amide bonds. The maximum atomic E-state index is 12.1. The van der Waals surface area contributed by atoms with Gasteiger partial charge in [-0.15, -0.1) is 0 Å². The average molecular weight is 770 g/mol. The summed E-state index contributed by atoms with van der Waals surface area (Å²) in [7, 11) is 0. The molecule has 3 rings (SSSR count). The van der Waals surface area contributed by atoms with Crippen molar-refractivity contribution in [3.63, 3.8) is 0 Å². The minimum absolute atomic E-state index is 0. The first-order chi connectivity index (χ1) is 25.3. The second-order valence-electron chi connectivity index (χ2n) is 15.0. The fourth-order valence-corrected chi connectivity index (χ4v) is 7.00. The molecule has 1 heterocycles. The van der Waals surface area contributed by atoms with E-state index in [2.05, 4.69) is 106 Å². The Labute approximate surface area is 340 Å². The van der Waals surface area contributed by atoms with Crippen LogP contribution in [0.15, 0.2) is 47.5 Å². The quantitative estimate of drug-likeness (QED) is 0.0440. The number of allylic oxidation sites excluding steroid dienone is 2. The number of benzene rings is 2. The van der Waals surface area contributed by atoms with Crippen molar-refractivity contribution in [2.75, 3.05) is 0 Å². The van der Waals surface area contributed by atoms with E-state index in [4.69, 9.17) is 0 Å². The molecule has 0 N–H and O–H groups in total. The van der Waals surface area contributed by atoms with E-state index in [1.165, 1.54) is 134 Å². The van der Waals surface area contributed by atoms with Crippen LogP contribution in [0, 0.1) is 13.8 Å². The van der Waals surface area contributed by atoms with Crippen LogP contribution in [0.5, 0.6) is 0 Å². The van der Waals surface area contributed by atoms with Crippen LogP contribution in [-0.4, -0.2) is 4.70 Å². The van der Waals surface area contributed by atoms with Gasteiger partial charge in [-0.2, -0.15) is 12.8 Å². The summed E-state index contributed by atoms with van der Waals surface area (Å²) in [5.74, 6) is 0. The monoisotopic (exact) mass is 769 g/mol. The molecule has 0 radical (unpaired) electrons. The molecule has 2 aromatic carbocycles. The molecule has 0 saturated heterocycles. The van der Waals surface area contributed by atoms with Crippen LogP contribution < -0.4 is 0 Å². The van der Waals surface area contributed by atoms with E-state index in [9.17, 15) is 5.53 Å². The van der Waals surface area contributed by atoms with Crippen molar-refractivity contribution in [3.8, 4) is 0 Å². The summed E-state index contributed by atoms with van der Waals surface area (Å²) >= 11 is 0. The molecule has 0 aliphatic carbocycles. The van der Waals surface area contributed by atoms with E-state index in [-0.39, 0.29) is 16.5 Å². The predicted molar refractivity (Wildman–Crippen MR) is 234 cm³/mol. The predicted octanol–water partition coefficient (Wildman–Crippen LogP) is 16.6. The van der Waals surface area contributed by atoms with Gasteiger partial charge in [0.1, 0.15) is 0 Å². The van der Waals surface area contributed by atoms with Gasteiger partial charge in [0.15, 0.2) is 0 Å². The zero-order chi connectivity index (χ0) is 38.6. The van der Waals surface area contributed by atoms with E-state index in [1.807, 2.05) is 0 Å². The molecule has 0 unspecified atom stereocenters. The van der Waals surface area contributed by atoms with Gasteiger partial charge in [0.2, 0.25) is 11.4 Å². The maximum absolute atomic E-state index is 12.1. The fraction of sp³-hybridized carbons (Fsp3) is 0.640. The summed E-state index contributed by atoms with van der Waals surface area (Å²) in [6.07, 6.45) is 28.4. The summed E-state index contributed by atoms with van der Waals surface area (Å²) in [5, 5.41) is 0. The Morgan fingerprint density at radius 1 is 0.415 bits per heavy atom. The van der Waals surface area contributed by atoms with Crippen LogP contribution in [-0.2, 0) is 42.2 Å². The first kappa shape index (κ1) is 51.0. The summed E-state index contributed by atoms with van der Waals surface area (Å²) in [4.78, 5) is 0. The SMILES string of the molecule is CCCCC1=C(c2cc(CCCC)cc(CCCC)c2)[N+](=[N-])C(c2cc(CCCC)cc(CCCC)c2)=C1CC.[CH2-]CCCCC.[CH2-]CCCCC.[Ni+2]. The molecule has 0 atom stereocenters. The molecule has 302 valence electrons.